The highest BCUT2D eigenvalue weighted by Crippen LogP contribution is 2.32. The molecule has 6 nitrogen and oxygen atoms in total. The fourth-order valence-corrected chi connectivity index (χ4v) is 4.77. The predicted octanol–water partition coefficient (Wildman–Crippen LogP) is 7.17. The summed E-state index contributed by atoms with van der Waals surface area (Å²) in [6.45, 7) is 9.02. The van der Waals surface area contributed by atoms with E-state index in [2.05, 4.69) is 15.6 Å². The van der Waals surface area contributed by atoms with Crippen molar-refractivity contribution in [2.24, 2.45) is 0 Å². The van der Waals surface area contributed by atoms with E-state index in [0.717, 1.165) is 27.8 Å². The van der Waals surface area contributed by atoms with Gasteiger partial charge in [-0.3, -0.25) is 9.78 Å². The zero-order valence-electron chi connectivity index (χ0n) is 23.4. The molecule has 0 saturated heterocycles. The minimum atomic E-state index is -1.06. The lowest BCUT2D eigenvalue weighted by Crippen LogP contribution is -2.49. The van der Waals surface area contributed by atoms with Crippen molar-refractivity contribution in [2.45, 2.75) is 52.2 Å². The highest BCUT2D eigenvalue weighted by atomic mass is 19.1. The van der Waals surface area contributed by atoms with Crippen LogP contribution in [0.2, 0.25) is 0 Å². The van der Waals surface area contributed by atoms with Gasteiger partial charge in [-0.05, 0) is 80.6 Å². The van der Waals surface area contributed by atoms with Crippen molar-refractivity contribution in [3.63, 3.8) is 0 Å². The molecule has 7 heteroatoms. The molecular weight excluding hydrogens is 505 g/mol. The molecule has 40 heavy (non-hydrogen) atoms. The number of anilines is 1. The summed E-state index contributed by atoms with van der Waals surface area (Å²) in [5, 5.41) is 5.60. The standard InChI is InChI=1S/C33H34FN3O3/c1-21-19-35-20-22(2)28(21)26-17-16-25(18-27(26)34)36-31(38)30(37-32(39)40-33(3,4)5)29(23-12-8-6-9-13-23)24-14-10-7-11-15-24/h6-20,29-30H,1-5H3,(H,36,38)(H,37,39). The Morgan fingerprint density at radius 3 is 1.90 bits per heavy atom. The molecule has 0 fully saturated rings. The zero-order chi connectivity index (χ0) is 28.9. The molecule has 0 bridgehead atoms. The topological polar surface area (TPSA) is 80.3 Å². The molecule has 206 valence electrons. The van der Waals surface area contributed by atoms with Crippen molar-refractivity contribution in [2.75, 3.05) is 5.32 Å². The Labute approximate surface area is 234 Å². The Bertz CT molecular complexity index is 1420. The van der Waals surface area contributed by atoms with E-state index in [-0.39, 0.29) is 5.69 Å². The number of rotatable bonds is 7. The van der Waals surface area contributed by atoms with Gasteiger partial charge in [-0.1, -0.05) is 60.7 Å². The molecule has 0 saturated carbocycles. The van der Waals surface area contributed by atoms with Crippen molar-refractivity contribution in [1.29, 1.82) is 0 Å². The van der Waals surface area contributed by atoms with E-state index in [1.807, 2.05) is 74.5 Å². The van der Waals surface area contributed by atoms with Gasteiger partial charge in [0.15, 0.2) is 0 Å². The fourth-order valence-electron chi connectivity index (χ4n) is 4.77. The lowest BCUT2D eigenvalue weighted by atomic mass is 9.84. The summed E-state index contributed by atoms with van der Waals surface area (Å²) in [6, 6.07) is 22.4. The van der Waals surface area contributed by atoms with Gasteiger partial charge in [0.05, 0.1) is 0 Å². The maximum absolute atomic E-state index is 15.4. The van der Waals surface area contributed by atoms with E-state index in [9.17, 15) is 9.59 Å². The van der Waals surface area contributed by atoms with E-state index in [4.69, 9.17) is 4.74 Å². The average Bonchev–Trinajstić information content (AvgIpc) is 2.89. The number of ether oxygens (including phenoxy) is 1. The SMILES string of the molecule is Cc1cncc(C)c1-c1ccc(NC(=O)C(NC(=O)OC(C)(C)C)C(c2ccccc2)c2ccccc2)cc1F. The van der Waals surface area contributed by atoms with Crippen LogP contribution in [-0.2, 0) is 9.53 Å². The van der Waals surface area contributed by atoms with Gasteiger partial charge in [0.1, 0.15) is 17.5 Å². The third-order valence-corrected chi connectivity index (χ3v) is 6.44. The van der Waals surface area contributed by atoms with Crippen LogP contribution in [0.15, 0.2) is 91.3 Å². The van der Waals surface area contributed by atoms with Crippen LogP contribution in [0.1, 0.15) is 48.9 Å². The van der Waals surface area contributed by atoms with E-state index < -0.39 is 35.4 Å². The summed E-state index contributed by atoms with van der Waals surface area (Å²) >= 11 is 0. The van der Waals surface area contributed by atoms with E-state index in [0.29, 0.717) is 5.56 Å². The van der Waals surface area contributed by atoms with Gasteiger partial charge in [-0.15, -0.1) is 0 Å². The maximum Gasteiger partial charge on any atom is 0.408 e. The Balaban J connectivity index is 1.70. The first kappa shape index (κ1) is 28.5. The summed E-state index contributed by atoms with van der Waals surface area (Å²) in [5.74, 6) is -1.53. The van der Waals surface area contributed by atoms with Crippen LogP contribution >= 0.6 is 0 Å². The minimum absolute atomic E-state index is 0.270. The number of hydrogen-bond acceptors (Lipinski definition) is 4. The fraction of sp³-hybridized carbons (Fsp3) is 0.242. The normalized spacial score (nSPS) is 12.1. The number of halogens is 1. The molecule has 0 aliphatic heterocycles. The van der Waals surface area contributed by atoms with E-state index >= 15 is 4.39 Å². The summed E-state index contributed by atoms with van der Waals surface area (Å²) in [5.41, 5.74) is 4.06. The number of amides is 2. The molecule has 0 spiro atoms. The summed E-state index contributed by atoms with van der Waals surface area (Å²) in [7, 11) is 0. The molecule has 1 heterocycles. The molecule has 2 amide bonds. The highest BCUT2D eigenvalue weighted by Gasteiger charge is 2.34. The van der Waals surface area contributed by atoms with Crippen LogP contribution < -0.4 is 10.6 Å². The van der Waals surface area contributed by atoms with Crippen LogP contribution in [0.25, 0.3) is 11.1 Å². The number of aryl methyl sites for hydroxylation is 2. The molecule has 3 aromatic carbocycles. The Hall–Kier alpha value is -4.52. The maximum atomic E-state index is 15.4. The average molecular weight is 540 g/mol. The quantitative estimate of drug-likeness (QED) is 0.261. The van der Waals surface area contributed by atoms with Gasteiger partial charge in [0, 0.05) is 29.6 Å². The van der Waals surface area contributed by atoms with Gasteiger partial charge in [0.2, 0.25) is 5.91 Å². The molecule has 0 aliphatic rings. The van der Waals surface area contributed by atoms with Gasteiger partial charge in [-0.2, -0.15) is 0 Å². The third kappa shape index (κ3) is 6.91. The predicted molar refractivity (Wildman–Crippen MR) is 156 cm³/mol. The first-order chi connectivity index (χ1) is 19.0. The molecule has 1 aromatic heterocycles. The van der Waals surface area contributed by atoms with Crippen molar-refractivity contribution >= 4 is 17.7 Å². The van der Waals surface area contributed by atoms with Gasteiger partial charge < -0.3 is 15.4 Å². The number of aromatic nitrogens is 1. The van der Waals surface area contributed by atoms with Gasteiger partial charge in [-0.25, -0.2) is 9.18 Å². The van der Waals surface area contributed by atoms with Gasteiger partial charge >= 0.3 is 6.09 Å². The number of nitrogens with zero attached hydrogens (tertiary/aromatic N) is 1. The second kappa shape index (κ2) is 12.1. The van der Waals surface area contributed by atoms with Crippen LogP contribution in [0, 0.1) is 19.7 Å². The second-order valence-corrected chi connectivity index (χ2v) is 10.8. The van der Waals surface area contributed by atoms with Gasteiger partial charge in [0.25, 0.3) is 0 Å². The van der Waals surface area contributed by atoms with Crippen molar-refractivity contribution in [1.82, 2.24) is 10.3 Å². The first-order valence-electron chi connectivity index (χ1n) is 13.1. The molecule has 0 aliphatic carbocycles. The number of nitrogens with one attached hydrogen (secondary N) is 2. The Kier molecular flexibility index (Phi) is 8.63. The van der Waals surface area contributed by atoms with E-state index in [1.165, 1.54) is 6.07 Å². The second-order valence-electron chi connectivity index (χ2n) is 10.8. The largest absolute Gasteiger partial charge is 0.444 e. The summed E-state index contributed by atoms with van der Waals surface area (Å²) in [6.07, 6.45) is 2.66. The molecular formula is C33H34FN3O3. The van der Waals surface area contributed by atoms with Crippen molar-refractivity contribution in [3.8, 4) is 11.1 Å². The molecule has 1 atom stereocenters. The number of benzene rings is 3. The minimum Gasteiger partial charge on any atom is -0.444 e. The lowest BCUT2D eigenvalue weighted by Gasteiger charge is -2.29. The first-order valence-corrected chi connectivity index (χ1v) is 13.1. The van der Waals surface area contributed by atoms with E-state index in [1.54, 1.807) is 45.3 Å². The monoisotopic (exact) mass is 539 g/mol. The summed E-state index contributed by atoms with van der Waals surface area (Å²) < 4.78 is 20.9. The number of carbonyl (C=O) groups is 2. The van der Waals surface area contributed by atoms with Crippen LogP contribution in [0.3, 0.4) is 0 Å². The highest BCUT2D eigenvalue weighted by molar-refractivity contribution is 5.98. The number of hydrogen-bond donors (Lipinski definition) is 2. The zero-order valence-corrected chi connectivity index (χ0v) is 23.4. The molecule has 1 unspecified atom stereocenters. The summed E-state index contributed by atoms with van der Waals surface area (Å²) in [4.78, 5) is 31.0. The van der Waals surface area contributed by atoms with Crippen molar-refractivity contribution < 1.29 is 18.7 Å². The molecule has 2 N–H and O–H groups in total. The Morgan fingerprint density at radius 2 is 1.40 bits per heavy atom. The molecule has 4 rings (SSSR count). The van der Waals surface area contributed by atoms with Crippen LogP contribution in [-0.4, -0.2) is 28.6 Å². The lowest BCUT2D eigenvalue weighted by molar-refractivity contribution is -0.118. The molecule has 0 radical (unpaired) electrons. The smallest absolute Gasteiger partial charge is 0.408 e. The van der Waals surface area contributed by atoms with Crippen LogP contribution in [0.4, 0.5) is 14.9 Å². The van der Waals surface area contributed by atoms with Crippen LogP contribution in [0.5, 0.6) is 0 Å². The number of alkyl carbamates (subject to hydrolysis) is 1. The van der Waals surface area contributed by atoms with Crippen molar-refractivity contribution in [3.05, 3.63) is 119 Å². The molecule has 4 aromatic rings. The number of carbonyl (C=O) groups excluding carboxylic acids is 2. The third-order valence-electron chi connectivity index (χ3n) is 6.44. The Morgan fingerprint density at radius 1 is 0.850 bits per heavy atom. The number of pyridine rings is 1.